The topological polar surface area (TPSA) is 98.4 Å². The van der Waals surface area contributed by atoms with Crippen molar-refractivity contribution in [2.75, 3.05) is 26.2 Å². The van der Waals surface area contributed by atoms with Crippen molar-refractivity contribution in [3.05, 3.63) is 102 Å². The third-order valence-corrected chi connectivity index (χ3v) is 10.5. The summed E-state index contributed by atoms with van der Waals surface area (Å²) < 4.78 is 0. The molecule has 2 N–H and O–H groups in total. The van der Waals surface area contributed by atoms with E-state index in [0.717, 1.165) is 55.7 Å². The summed E-state index contributed by atoms with van der Waals surface area (Å²) in [5.74, 6) is -1.05. The highest BCUT2D eigenvalue weighted by atomic mass is 16.2. The molecule has 0 saturated carbocycles. The lowest BCUT2D eigenvalue weighted by Crippen LogP contribution is -2.66. The molecular formula is C38H43N5O3. The lowest BCUT2D eigenvalue weighted by molar-refractivity contribution is -0.167. The minimum atomic E-state index is -0.819. The van der Waals surface area contributed by atoms with Gasteiger partial charge in [-0.1, -0.05) is 54.6 Å². The highest BCUT2D eigenvalue weighted by Crippen LogP contribution is 2.53. The van der Waals surface area contributed by atoms with Crippen LogP contribution in [0.4, 0.5) is 0 Å². The average molecular weight is 618 g/mol. The second kappa shape index (κ2) is 13.1. The van der Waals surface area contributed by atoms with Crippen LogP contribution in [0.1, 0.15) is 61.0 Å². The van der Waals surface area contributed by atoms with E-state index < -0.39 is 17.4 Å². The SMILES string of the molecule is O=C(CC1C[C@H](C(=O)N2CCCCC2)[C@@]2(CCc3ccccc3)c3[nH]c4ccccc4c3CCN2C1=O)NCCc1ccccn1. The third-order valence-electron chi connectivity index (χ3n) is 10.5. The molecule has 3 amide bonds. The first-order valence-corrected chi connectivity index (χ1v) is 17.0. The van der Waals surface area contributed by atoms with E-state index >= 15 is 0 Å². The van der Waals surface area contributed by atoms with Gasteiger partial charge in [0, 0.05) is 73.4 Å². The van der Waals surface area contributed by atoms with Crippen LogP contribution in [0, 0.1) is 11.8 Å². The molecule has 0 spiro atoms. The molecule has 46 heavy (non-hydrogen) atoms. The molecular weight excluding hydrogens is 574 g/mol. The van der Waals surface area contributed by atoms with Gasteiger partial charge in [-0.15, -0.1) is 0 Å². The fraction of sp³-hybridized carbons (Fsp3) is 0.421. The van der Waals surface area contributed by atoms with E-state index in [1.165, 1.54) is 16.5 Å². The molecule has 3 aliphatic heterocycles. The van der Waals surface area contributed by atoms with Crippen molar-refractivity contribution in [1.29, 1.82) is 0 Å². The van der Waals surface area contributed by atoms with E-state index in [1.807, 2.05) is 52.3 Å². The predicted octanol–water partition coefficient (Wildman–Crippen LogP) is 5.17. The van der Waals surface area contributed by atoms with E-state index in [-0.39, 0.29) is 24.1 Å². The maximum absolute atomic E-state index is 14.8. The monoisotopic (exact) mass is 617 g/mol. The quantitative estimate of drug-likeness (QED) is 0.271. The van der Waals surface area contributed by atoms with E-state index in [2.05, 4.69) is 45.6 Å². The zero-order valence-corrected chi connectivity index (χ0v) is 26.4. The Labute approximate surface area is 270 Å². The number of aryl methyl sites for hydroxylation is 1. The van der Waals surface area contributed by atoms with Crippen molar-refractivity contribution < 1.29 is 14.4 Å². The molecule has 3 atom stereocenters. The molecule has 2 fully saturated rings. The lowest BCUT2D eigenvalue weighted by Gasteiger charge is -2.56. The van der Waals surface area contributed by atoms with Gasteiger partial charge in [0.25, 0.3) is 0 Å². The van der Waals surface area contributed by atoms with E-state index in [4.69, 9.17) is 0 Å². The number of pyridine rings is 1. The fourth-order valence-electron chi connectivity index (χ4n) is 8.25. The van der Waals surface area contributed by atoms with Crippen LogP contribution in [0.2, 0.25) is 0 Å². The van der Waals surface area contributed by atoms with Gasteiger partial charge in [-0.2, -0.15) is 0 Å². The van der Waals surface area contributed by atoms with Crippen LogP contribution in [-0.2, 0) is 39.2 Å². The molecule has 3 aliphatic rings. The zero-order valence-electron chi connectivity index (χ0n) is 26.4. The van der Waals surface area contributed by atoms with Gasteiger partial charge in [0.2, 0.25) is 17.7 Å². The Hall–Kier alpha value is -4.46. The van der Waals surface area contributed by atoms with Crippen LogP contribution in [0.5, 0.6) is 0 Å². The smallest absolute Gasteiger partial charge is 0.228 e. The normalized spacial score (nSPS) is 22.7. The maximum atomic E-state index is 14.8. The number of carbonyl (C=O) groups is 3. The largest absolute Gasteiger partial charge is 0.356 e. The number of H-pyrrole nitrogens is 1. The van der Waals surface area contributed by atoms with Crippen LogP contribution in [-0.4, -0.2) is 63.7 Å². The molecule has 1 unspecified atom stereocenters. The van der Waals surface area contributed by atoms with E-state index in [0.29, 0.717) is 38.8 Å². The van der Waals surface area contributed by atoms with Crippen LogP contribution in [0.25, 0.3) is 10.9 Å². The van der Waals surface area contributed by atoms with Gasteiger partial charge < -0.3 is 20.1 Å². The molecule has 4 aromatic rings. The Bertz CT molecular complexity index is 1700. The number of aromatic amines is 1. The Morgan fingerprint density at radius 3 is 2.50 bits per heavy atom. The first-order chi connectivity index (χ1) is 22.5. The molecule has 2 aromatic carbocycles. The summed E-state index contributed by atoms with van der Waals surface area (Å²) in [6, 6.07) is 24.4. The first kappa shape index (κ1) is 30.2. The number of nitrogens with zero attached hydrogens (tertiary/aromatic N) is 3. The Morgan fingerprint density at radius 2 is 1.70 bits per heavy atom. The third kappa shape index (κ3) is 5.70. The second-order valence-corrected chi connectivity index (χ2v) is 13.2. The van der Waals surface area contributed by atoms with Crippen LogP contribution >= 0.6 is 0 Å². The van der Waals surface area contributed by atoms with Crippen LogP contribution in [0.3, 0.4) is 0 Å². The summed E-state index contributed by atoms with van der Waals surface area (Å²) >= 11 is 0. The van der Waals surface area contributed by atoms with Crippen molar-refractivity contribution in [2.45, 2.75) is 63.3 Å². The van der Waals surface area contributed by atoms with Gasteiger partial charge in [-0.25, -0.2) is 0 Å². The molecule has 5 heterocycles. The molecule has 8 nitrogen and oxygen atoms in total. The summed E-state index contributed by atoms with van der Waals surface area (Å²) in [5, 5.41) is 4.19. The summed E-state index contributed by atoms with van der Waals surface area (Å²) in [5.41, 5.74) is 4.55. The maximum Gasteiger partial charge on any atom is 0.228 e. The van der Waals surface area contributed by atoms with Crippen molar-refractivity contribution in [3.8, 4) is 0 Å². The zero-order chi connectivity index (χ0) is 31.5. The van der Waals surface area contributed by atoms with Crippen molar-refractivity contribution >= 4 is 28.6 Å². The summed E-state index contributed by atoms with van der Waals surface area (Å²) in [6.45, 7) is 2.48. The summed E-state index contributed by atoms with van der Waals surface area (Å²) in [6.07, 6.45) is 8.03. The number of benzene rings is 2. The number of amides is 3. The number of likely N-dealkylation sites (tertiary alicyclic amines) is 1. The first-order valence-electron chi connectivity index (χ1n) is 17.0. The standard InChI is InChI=1S/C38H43N5O3/c44-34(40-21-17-29-13-7-8-20-39-29)26-28-25-32(37(46)42-22-9-2-10-23-42)38(19-16-27-11-3-1-4-12-27)35-31(18-24-43(38)36(28)45)30-14-5-6-15-33(30)41-35/h1,3-8,11-15,20,28,32,41H,2,9-10,16-19,21-26H2,(H,40,44)/t28?,32-,38+/m1/s1. The summed E-state index contributed by atoms with van der Waals surface area (Å²) in [4.78, 5) is 54.8. The number of hydrogen-bond acceptors (Lipinski definition) is 4. The number of carbonyl (C=O) groups excluding carboxylic acids is 3. The van der Waals surface area contributed by atoms with Crippen molar-refractivity contribution in [2.24, 2.45) is 11.8 Å². The molecule has 238 valence electrons. The lowest BCUT2D eigenvalue weighted by atomic mass is 9.64. The average Bonchev–Trinajstić information content (AvgIpc) is 3.49. The molecule has 7 rings (SSSR count). The number of para-hydroxylation sites is 1. The summed E-state index contributed by atoms with van der Waals surface area (Å²) in [7, 11) is 0. The van der Waals surface area contributed by atoms with Gasteiger partial charge in [-0.3, -0.25) is 19.4 Å². The van der Waals surface area contributed by atoms with Crippen molar-refractivity contribution in [1.82, 2.24) is 25.1 Å². The molecule has 2 aromatic heterocycles. The van der Waals surface area contributed by atoms with E-state index in [9.17, 15) is 14.4 Å². The predicted molar refractivity (Wildman–Crippen MR) is 178 cm³/mol. The minimum Gasteiger partial charge on any atom is -0.356 e. The van der Waals surface area contributed by atoms with Gasteiger partial charge in [-0.05, 0) is 74.3 Å². The minimum absolute atomic E-state index is 0.0139. The van der Waals surface area contributed by atoms with Gasteiger partial charge >= 0.3 is 0 Å². The van der Waals surface area contributed by atoms with Crippen molar-refractivity contribution in [3.63, 3.8) is 0 Å². The Balaban J connectivity index is 1.24. The number of piperidine rings is 2. The van der Waals surface area contributed by atoms with E-state index in [1.54, 1.807) is 6.20 Å². The highest BCUT2D eigenvalue weighted by molar-refractivity contribution is 5.93. The number of rotatable bonds is 9. The Kier molecular flexibility index (Phi) is 8.61. The highest BCUT2D eigenvalue weighted by Gasteiger charge is 2.59. The fourth-order valence-corrected chi connectivity index (χ4v) is 8.25. The van der Waals surface area contributed by atoms with Gasteiger partial charge in [0.1, 0.15) is 0 Å². The molecule has 8 heteroatoms. The number of aromatic nitrogens is 2. The number of fused-ring (bicyclic) bond motifs is 5. The molecule has 0 bridgehead atoms. The number of nitrogens with one attached hydrogen (secondary N) is 2. The van der Waals surface area contributed by atoms with Crippen LogP contribution in [0.15, 0.2) is 79.0 Å². The molecule has 0 aliphatic carbocycles. The van der Waals surface area contributed by atoms with Gasteiger partial charge in [0.05, 0.1) is 11.5 Å². The number of hydrogen-bond donors (Lipinski definition) is 2. The van der Waals surface area contributed by atoms with Gasteiger partial charge in [0.15, 0.2) is 0 Å². The second-order valence-electron chi connectivity index (χ2n) is 13.2. The molecule has 0 radical (unpaired) electrons. The van der Waals surface area contributed by atoms with Crippen LogP contribution < -0.4 is 5.32 Å². The Morgan fingerprint density at radius 1 is 0.913 bits per heavy atom. The molecule has 2 saturated heterocycles.